The highest BCUT2D eigenvalue weighted by atomic mass is 16.3. The summed E-state index contributed by atoms with van der Waals surface area (Å²) in [4.78, 5) is 22.0. The molecule has 0 radical (unpaired) electrons. The Bertz CT molecular complexity index is 244. The SMILES string of the molecule is O=C1NCC(CCCC(O)CO)C(=O)N1. The minimum absolute atomic E-state index is 0.228. The maximum atomic E-state index is 11.3. The summed E-state index contributed by atoms with van der Waals surface area (Å²) in [6.07, 6.45) is 0.999. The molecule has 0 bridgehead atoms. The van der Waals surface area contributed by atoms with Crippen LogP contribution in [0.4, 0.5) is 4.79 Å². The van der Waals surface area contributed by atoms with Gasteiger partial charge in [0.05, 0.1) is 18.6 Å². The molecular weight excluding hydrogens is 200 g/mol. The average molecular weight is 216 g/mol. The topological polar surface area (TPSA) is 98.7 Å². The van der Waals surface area contributed by atoms with Crippen LogP contribution in [0.1, 0.15) is 19.3 Å². The first-order valence-electron chi connectivity index (χ1n) is 5.01. The van der Waals surface area contributed by atoms with Gasteiger partial charge in [-0.05, 0) is 19.3 Å². The molecule has 6 nitrogen and oxygen atoms in total. The van der Waals surface area contributed by atoms with E-state index in [0.29, 0.717) is 25.8 Å². The largest absolute Gasteiger partial charge is 0.394 e. The minimum atomic E-state index is -0.716. The van der Waals surface area contributed by atoms with E-state index in [1.807, 2.05) is 0 Å². The van der Waals surface area contributed by atoms with E-state index in [4.69, 9.17) is 10.2 Å². The second-order valence-electron chi connectivity index (χ2n) is 3.66. The maximum Gasteiger partial charge on any atom is 0.321 e. The smallest absolute Gasteiger partial charge is 0.321 e. The van der Waals surface area contributed by atoms with Crippen molar-refractivity contribution in [2.75, 3.05) is 13.2 Å². The monoisotopic (exact) mass is 216 g/mol. The van der Waals surface area contributed by atoms with E-state index >= 15 is 0 Å². The number of hydrogen-bond acceptors (Lipinski definition) is 4. The number of rotatable bonds is 5. The lowest BCUT2D eigenvalue weighted by Gasteiger charge is -2.22. The van der Waals surface area contributed by atoms with E-state index in [-0.39, 0.29) is 18.4 Å². The van der Waals surface area contributed by atoms with Crippen molar-refractivity contribution in [1.29, 1.82) is 0 Å². The lowest BCUT2D eigenvalue weighted by atomic mass is 9.98. The minimum Gasteiger partial charge on any atom is -0.394 e. The van der Waals surface area contributed by atoms with Crippen LogP contribution in [0.25, 0.3) is 0 Å². The molecule has 0 spiro atoms. The second kappa shape index (κ2) is 5.67. The lowest BCUT2D eigenvalue weighted by Crippen LogP contribution is -2.52. The van der Waals surface area contributed by atoms with Crippen LogP contribution >= 0.6 is 0 Å². The zero-order valence-corrected chi connectivity index (χ0v) is 8.40. The molecule has 0 aromatic rings. The van der Waals surface area contributed by atoms with Crippen molar-refractivity contribution >= 4 is 11.9 Å². The molecule has 1 aliphatic heterocycles. The van der Waals surface area contributed by atoms with E-state index in [9.17, 15) is 9.59 Å². The van der Waals surface area contributed by atoms with Gasteiger partial charge in [0.2, 0.25) is 5.91 Å². The normalized spacial score (nSPS) is 23.2. The Morgan fingerprint density at radius 3 is 2.80 bits per heavy atom. The van der Waals surface area contributed by atoms with Crippen molar-refractivity contribution in [2.45, 2.75) is 25.4 Å². The molecule has 0 saturated carbocycles. The Balaban J connectivity index is 2.21. The van der Waals surface area contributed by atoms with E-state index < -0.39 is 12.1 Å². The molecule has 1 aliphatic rings. The Hall–Kier alpha value is -1.14. The molecule has 0 aliphatic carbocycles. The molecule has 15 heavy (non-hydrogen) atoms. The molecule has 0 aromatic heterocycles. The Kier molecular flexibility index (Phi) is 4.51. The van der Waals surface area contributed by atoms with Crippen LogP contribution in [-0.2, 0) is 4.79 Å². The van der Waals surface area contributed by atoms with Crippen LogP contribution in [0.15, 0.2) is 0 Å². The van der Waals surface area contributed by atoms with Crippen LogP contribution in [0, 0.1) is 5.92 Å². The molecular formula is C9H16N2O4. The quantitative estimate of drug-likeness (QED) is 0.472. The number of imide groups is 1. The highest BCUT2D eigenvalue weighted by Crippen LogP contribution is 2.11. The molecule has 1 fully saturated rings. The van der Waals surface area contributed by atoms with Gasteiger partial charge in [0.25, 0.3) is 0 Å². The van der Waals surface area contributed by atoms with Gasteiger partial charge in [0.1, 0.15) is 0 Å². The standard InChI is InChI=1S/C9H16N2O4/c12-5-7(13)3-1-2-6-4-10-9(15)11-8(6)14/h6-7,12-13H,1-5H2,(H2,10,11,14,15). The summed E-state index contributed by atoms with van der Waals surface area (Å²) >= 11 is 0. The summed E-state index contributed by atoms with van der Waals surface area (Å²) < 4.78 is 0. The molecule has 1 rings (SSSR count). The van der Waals surface area contributed by atoms with Gasteiger partial charge >= 0.3 is 6.03 Å². The van der Waals surface area contributed by atoms with Crippen molar-refractivity contribution in [3.63, 3.8) is 0 Å². The van der Waals surface area contributed by atoms with Crippen LogP contribution in [-0.4, -0.2) is 41.4 Å². The molecule has 1 saturated heterocycles. The zero-order valence-electron chi connectivity index (χ0n) is 8.40. The van der Waals surface area contributed by atoms with Crippen molar-refractivity contribution in [3.05, 3.63) is 0 Å². The Morgan fingerprint density at radius 2 is 2.20 bits per heavy atom. The van der Waals surface area contributed by atoms with Crippen molar-refractivity contribution in [3.8, 4) is 0 Å². The number of nitrogens with one attached hydrogen (secondary N) is 2. The first-order chi connectivity index (χ1) is 7.13. The van der Waals surface area contributed by atoms with E-state index in [1.54, 1.807) is 0 Å². The van der Waals surface area contributed by atoms with E-state index in [2.05, 4.69) is 10.6 Å². The third-order valence-electron chi connectivity index (χ3n) is 2.42. The highest BCUT2D eigenvalue weighted by Gasteiger charge is 2.25. The Labute approximate surface area is 87.7 Å². The third kappa shape index (κ3) is 3.85. The van der Waals surface area contributed by atoms with Crippen molar-refractivity contribution in [2.24, 2.45) is 5.92 Å². The number of urea groups is 1. The molecule has 4 N–H and O–H groups in total. The second-order valence-corrected chi connectivity index (χ2v) is 3.66. The van der Waals surface area contributed by atoms with Crippen LogP contribution in [0.5, 0.6) is 0 Å². The fourth-order valence-electron chi connectivity index (χ4n) is 1.49. The van der Waals surface area contributed by atoms with Gasteiger partial charge in [-0.1, -0.05) is 0 Å². The molecule has 2 atom stereocenters. The van der Waals surface area contributed by atoms with Crippen molar-refractivity contribution in [1.82, 2.24) is 10.6 Å². The van der Waals surface area contributed by atoms with Crippen LogP contribution in [0.2, 0.25) is 0 Å². The van der Waals surface area contributed by atoms with Crippen LogP contribution < -0.4 is 10.6 Å². The number of aliphatic hydroxyl groups is 2. The predicted octanol–water partition coefficient (Wildman–Crippen LogP) is -1.03. The zero-order chi connectivity index (χ0) is 11.3. The molecule has 2 unspecified atom stereocenters. The number of carbonyl (C=O) groups is 2. The van der Waals surface area contributed by atoms with E-state index in [0.717, 1.165) is 0 Å². The summed E-state index contributed by atoms with van der Waals surface area (Å²) in [5.74, 6) is -0.495. The van der Waals surface area contributed by atoms with Gasteiger partial charge in [0.15, 0.2) is 0 Å². The number of amides is 3. The molecule has 6 heteroatoms. The molecule has 1 heterocycles. The Morgan fingerprint density at radius 1 is 1.47 bits per heavy atom. The average Bonchev–Trinajstić information content (AvgIpc) is 2.21. The van der Waals surface area contributed by atoms with Gasteiger partial charge in [-0.15, -0.1) is 0 Å². The summed E-state index contributed by atoms with van der Waals surface area (Å²) in [5, 5.41) is 22.4. The first-order valence-corrected chi connectivity index (χ1v) is 5.01. The summed E-state index contributed by atoms with van der Waals surface area (Å²) in [6.45, 7) is 0.0908. The van der Waals surface area contributed by atoms with Gasteiger partial charge in [0, 0.05) is 6.54 Å². The summed E-state index contributed by atoms with van der Waals surface area (Å²) in [6, 6.07) is -0.452. The highest BCUT2D eigenvalue weighted by molar-refractivity contribution is 5.97. The predicted molar refractivity (Wildman–Crippen MR) is 52.0 cm³/mol. The number of aliphatic hydroxyl groups excluding tert-OH is 2. The third-order valence-corrected chi connectivity index (χ3v) is 2.42. The van der Waals surface area contributed by atoms with Crippen LogP contribution in [0.3, 0.4) is 0 Å². The van der Waals surface area contributed by atoms with Gasteiger partial charge in [-0.3, -0.25) is 10.1 Å². The van der Waals surface area contributed by atoms with Gasteiger partial charge < -0.3 is 15.5 Å². The number of carbonyl (C=O) groups excluding carboxylic acids is 2. The summed E-state index contributed by atoms with van der Waals surface area (Å²) in [5.41, 5.74) is 0. The van der Waals surface area contributed by atoms with Gasteiger partial charge in [-0.2, -0.15) is 0 Å². The first kappa shape index (κ1) is 11.9. The molecule has 3 amide bonds. The lowest BCUT2D eigenvalue weighted by molar-refractivity contribution is -0.124. The fraction of sp³-hybridized carbons (Fsp3) is 0.778. The maximum absolute atomic E-state index is 11.3. The van der Waals surface area contributed by atoms with E-state index in [1.165, 1.54) is 0 Å². The molecule has 86 valence electrons. The van der Waals surface area contributed by atoms with Gasteiger partial charge in [-0.25, -0.2) is 4.79 Å². The molecule has 0 aromatic carbocycles. The van der Waals surface area contributed by atoms with Crippen molar-refractivity contribution < 1.29 is 19.8 Å². The fourth-order valence-corrected chi connectivity index (χ4v) is 1.49. The summed E-state index contributed by atoms with van der Waals surface area (Å²) in [7, 11) is 0. The number of hydrogen-bond donors (Lipinski definition) is 4.